The molecule has 1 N–H and O–H groups in total. The van der Waals surface area contributed by atoms with Crippen LogP contribution in [0.15, 0.2) is 30.3 Å². The molecule has 0 radical (unpaired) electrons. The summed E-state index contributed by atoms with van der Waals surface area (Å²) in [6.45, 7) is 2.02. The Labute approximate surface area is 123 Å². The van der Waals surface area contributed by atoms with Gasteiger partial charge in [-0.1, -0.05) is 30.4 Å². The monoisotopic (exact) mass is 289 g/mol. The van der Waals surface area contributed by atoms with E-state index in [4.69, 9.17) is 17.0 Å². The summed E-state index contributed by atoms with van der Waals surface area (Å²) in [6, 6.07) is 11.2. The molecule has 0 aliphatic carbocycles. The third kappa shape index (κ3) is 3.53. The number of ether oxygens (including phenoxy) is 1. The van der Waals surface area contributed by atoms with Gasteiger partial charge < -0.3 is 15.0 Å². The lowest BCUT2D eigenvalue weighted by Gasteiger charge is -2.28. The largest absolute Gasteiger partial charge is 0.378 e. The van der Waals surface area contributed by atoms with Crippen molar-refractivity contribution in [2.24, 2.45) is 5.92 Å². The number of para-hydroxylation sites is 1. The van der Waals surface area contributed by atoms with E-state index >= 15 is 0 Å². The van der Waals surface area contributed by atoms with E-state index in [1.165, 1.54) is 0 Å². The topological polar surface area (TPSA) is 65.4 Å². The first kappa shape index (κ1) is 14.4. The third-order valence-corrected chi connectivity index (χ3v) is 3.34. The molecule has 1 saturated heterocycles. The number of nitriles is 1. The van der Waals surface area contributed by atoms with Gasteiger partial charge in [-0.2, -0.15) is 5.26 Å². The van der Waals surface area contributed by atoms with Crippen LogP contribution in [0.3, 0.4) is 0 Å². The Balaban J connectivity index is 2.02. The lowest BCUT2D eigenvalue weighted by Crippen LogP contribution is -2.46. The van der Waals surface area contributed by atoms with Gasteiger partial charge in [-0.25, -0.2) is 0 Å². The van der Waals surface area contributed by atoms with E-state index in [0.29, 0.717) is 26.3 Å². The molecule has 1 atom stereocenters. The minimum atomic E-state index is -0.955. The molecular weight excluding hydrogens is 274 g/mol. The van der Waals surface area contributed by atoms with E-state index in [0.717, 1.165) is 5.69 Å². The van der Waals surface area contributed by atoms with Crippen LogP contribution < -0.4 is 5.32 Å². The van der Waals surface area contributed by atoms with Crippen LogP contribution in [-0.4, -0.2) is 42.1 Å². The average molecular weight is 289 g/mol. The lowest BCUT2D eigenvalue weighted by molar-refractivity contribution is -0.135. The fourth-order valence-electron chi connectivity index (χ4n) is 1.93. The zero-order chi connectivity index (χ0) is 14.4. The molecule has 20 heavy (non-hydrogen) atoms. The number of hydrogen-bond acceptors (Lipinski definition) is 4. The Morgan fingerprint density at radius 3 is 2.60 bits per heavy atom. The predicted molar refractivity (Wildman–Crippen MR) is 79.2 cm³/mol. The first-order chi connectivity index (χ1) is 9.72. The fraction of sp³-hybridized carbons (Fsp3) is 0.357. The van der Waals surface area contributed by atoms with Crippen LogP contribution >= 0.6 is 12.2 Å². The molecule has 0 spiro atoms. The van der Waals surface area contributed by atoms with E-state index in [-0.39, 0.29) is 10.9 Å². The van der Waals surface area contributed by atoms with Crippen LogP contribution in [0.5, 0.6) is 0 Å². The van der Waals surface area contributed by atoms with Gasteiger partial charge in [0.2, 0.25) is 5.91 Å². The van der Waals surface area contributed by atoms with E-state index in [9.17, 15) is 10.1 Å². The van der Waals surface area contributed by atoms with E-state index < -0.39 is 5.92 Å². The van der Waals surface area contributed by atoms with Crippen molar-refractivity contribution in [3.8, 4) is 6.07 Å². The van der Waals surface area contributed by atoms with E-state index in [2.05, 4.69) is 5.32 Å². The number of nitrogens with zero attached hydrogens (tertiary/aromatic N) is 2. The summed E-state index contributed by atoms with van der Waals surface area (Å²) in [5.74, 6) is -1.22. The molecule has 0 aromatic heterocycles. The number of amides is 1. The summed E-state index contributed by atoms with van der Waals surface area (Å²) in [7, 11) is 0. The zero-order valence-corrected chi connectivity index (χ0v) is 11.7. The number of hydrogen-bond donors (Lipinski definition) is 1. The van der Waals surface area contributed by atoms with Crippen LogP contribution in [0.2, 0.25) is 0 Å². The van der Waals surface area contributed by atoms with Crippen molar-refractivity contribution in [3.05, 3.63) is 30.3 Å². The second-order valence-corrected chi connectivity index (χ2v) is 4.79. The fourth-order valence-corrected chi connectivity index (χ4v) is 2.20. The third-order valence-electron chi connectivity index (χ3n) is 3.00. The lowest BCUT2D eigenvalue weighted by atomic mass is 10.1. The summed E-state index contributed by atoms with van der Waals surface area (Å²) in [5.41, 5.74) is 0.771. The maximum atomic E-state index is 12.3. The second kappa shape index (κ2) is 6.98. The summed E-state index contributed by atoms with van der Waals surface area (Å²) in [5, 5.41) is 12.2. The Hall–Kier alpha value is -1.97. The number of morpholine rings is 1. The molecule has 1 aliphatic rings. The molecule has 1 aromatic rings. The molecule has 1 unspecified atom stereocenters. The Bertz CT molecular complexity index is 521. The Morgan fingerprint density at radius 2 is 2.00 bits per heavy atom. The van der Waals surface area contributed by atoms with Crippen LogP contribution in [0.25, 0.3) is 0 Å². The van der Waals surface area contributed by atoms with Gasteiger partial charge >= 0.3 is 0 Å². The van der Waals surface area contributed by atoms with Crippen molar-refractivity contribution >= 4 is 28.8 Å². The number of benzene rings is 1. The average Bonchev–Trinajstić information content (AvgIpc) is 2.49. The Kier molecular flexibility index (Phi) is 5.04. The van der Waals surface area contributed by atoms with Crippen LogP contribution in [0, 0.1) is 17.2 Å². The maximum absolute atomic E-state index is 12.3. The summed E-state index contributed by atoms with van der Waals surface area (Å²) >= 11 is 5.19. The number of carbonyl (C=O) groups is 1. The first-order valence-electron chi connectivity index (χ1n) is 6.34. The molecule has 0 bridgehead atoms. The number of rotatable bonds is 3. The molecular formula is C14H15N3O2S. The predicted octanol–water partition coefficient (Wildman–Crippen LogP) is 1.42. The minimum Gasteiger partial charge on any atom is -0.378 e. The number of anilines is 1. The van der Waals surface area contributed by atoms with Gasteiger partial charge in [0, 0.05) is 18.8 Å². The highest BCUT2D eigenvalue weighted by atomic mass is 32.1. The van der Waals surface area contributed by atoms with Crippen LogP contribution in [0.1, 0.15) is 0 Å². The van der Waals surface area contributed by atoms with Crippen molar-refractivity contribution in [3.63, 3.8) is 0 Å². The molecule has 6 heteroatoms. The SMILES string of the molecule is N#CC(C(=O)N1CCOCC1)C(=S)Nc1ccccc1. The van der Waals surface area contributed by atoms with Gasteiger partial charge in [0.25, 0.3) is 0 Å². The van der Waals surface area contributed by atoms with Crippen molar-refractivity contribution < 1.29 is 9.53 Å². The van der Waals surface area contributed by atoms with E-state index in [1.807, 2.05) is 36.4 Å². The maximum Gasteiger partial charge on any atom is 0.247 e. The number of thiocarbonyl (C=S) groups is 1. The van der Waals surface area contributed by atoms with Crippen LogP contribution in [0.4, 0.5) is 5.69 Å². The summed E-state index contributed by atoms with van der Waals surface area (Å²) < 4.78 is 5.19. The van der Waals surface area contributed by atoms with Gasteiger partial charge in [-0.05, 0) is 12.1 Å². The van der Waals surface area contributed by atoms with Crippen molar-refractivity contribution in [1.82, 2.24) is 4.90 Å². The Morgan fingerprint density at radius 1 is 1.35 bits per heavy atom. The summed E-state index contributed by atoms with van der Waals surface area (Å²) in [6.07, 6.45) is 0. The smallest absolute Gasteiger partial charge is 0.247 e. The van der Waals surface area contributed by atoms with Gasteiger partial charge in [0.1, 0.15) is 4.99 Å². The van der Waals surface area contributed by atoms with Gasteiger partial charge in [0.15, 0.2) is 5.92 Å². The molecule has 5 nitrogen and oxygen atoms in total. The zero-order valence-electron chi connectivity index (χ0n) is 10.9. The highest BCUT2D eigenvalue weighted by Gasteiger charge is 2.29. The first-order valence-corrected chi connectivity index (χ1v) is 6.75. The number of carbonyl (C=O) groups excluding carboxylic acids is 1. The molecule has 1 aromatic carbocycles. The standard InChI is InChI=1S/C14H15N3O2S/c15-10-12(14(18)17-6-8-19-9-7-17)13(20)16-11-4-2-1-3-5-11/h1-5,12H,6-9H2,(H,16,20). The second-order valence-electron chi connectivity index (χ2n) is 4.36. The highest BCUT2D eigenvalue weighted by Crippen LogP contribution is 2.12. The highest BCUT2D eigenvalue weighted by molar-refractivity contribution is 7.80. The molecule has 0 saturated carbocycles. The number of nitrogens with one attached hydrogen (secondary N) is 1. The van der Waals surface area contributed by atoms with Gasteiger partial charge in [-0.3, -0.25) is 4.79 Å². The van der Waals surface area contributed by atoms with Crippen molar-refractivity contribution in [2.45, 2.75) is 0 Å². The molecule has 1 fully saturated rings. The normalized spacial score (nSPS) is 16.1. The summed E-state index contributed by atoms with van der Waals surface area (Å²) in [4.78, 5) is 14.1. The van der Waals surface area contributed by atoms with Gasteiger partial charge in [0.05, 0.1) is 19.3 Å². The molecule has 1 aliphatic heterocycles. The van der Waals surface area contributed by atoms with Gasteiger partial charge in [-0.15, -0.1) is 0 Å². The molecule has 1 amide bonds. The van der Waals surface area contributed by atoms with Crippen LogP contribution in [-0.2, 0) is 9.53 Å². The molecule has 2 rings (SSSR count). The minimum absolute atomic E-state index is 0.232. The molecule has 1 heterocycles. The molecule has 104 valence electrons. The van der Waals surface area contributed by atoms with Crippen molar-refractivity contribution in [1.29, 1.82) is 5.26 Å². The van der Waals surface area contributed by atoms with E-state index in [1.54, 1.807) is 4.90 Å². The quantitative estimate of drug-likeness (QED) is 0.853. The van der Waals surface area contributed by atoms with Crippen molar-refractivity contribution in [2.75, 3.05) is 31.6 Å².